The number of rotatable bonds is 5. The van der Waals surface area contributed by atoms with E-state index in [1.807, 2.05) is 6.08 Å². The predicted molar refractivity (Wildman–Crippen MR) is 70.3 cm³/mol. The first-order valence-electron chi connectivity index (χ1n) is 5.91. The molecule has 1 aliphatic rings. The summed E-state index contributed by atoms with van der Waals surface area (Å²) < 4.78 is 0. The van der Waals surface area contributed by atoms with Crippen LogP contribution < -0.4 is 5.32 Å². The van der Waals surface area contributed by atoms with E-state index in [1.165, 1.54) is 5.56 Å². The highest BCUT2D eigenvalue weighted by Gasteiger charge is 2.21. The summed E-state index contributed by atoms with van der Waals surface area (Å²) in [7, 11) is 0. The molecular formula is C14H18N2O. The van der Waals surface area contributed by atoms with E-state index in [2.05, 4.69) is 48.2 Å². The summed E-state index contributed by atoms with van der Waals surface area (Å²) in [6.07, 6.45) is 2.86. The molecule has 3 heteroatoms. The molecule has 1 aromatic carbocycles. The third-order valence-corrected chi connectivity index (χ3v) is 2.78. The van der Waals surface area contributed by atoms with E-state index in [9.17, 15) is 0 Å². The Morgan fingerprint density at radius 3 is 2.94 bits per heavy atom. The number of oxime groups is 1. The number of nitrogens with zero attached hydrogens (tertiary/aromatic N) is 1. The summed E-state index contributed by atoms with van der Waals surface area (Å²) >= 11 is 0. The first kappa shape index (κ1) is 11.9. The van der Waals surface area contributed by atoms with Crippen LogP contribution >= 0.6 is 0 Å². The second kappa shape index (κ2) is 5.64. The molecule has 1 N–H and O–H groups in total. The molecule has 0 amide bonds. The quantitative estimate of drug-likeness (QED) is 0.622. The molecular weight excluding hydrogens is 212 g/mol. The van der Waals surface area contributed by atoms with Gasteiger partial charge in [-0.2, -0.15) is 0 Å². The highest BCUT2D eigenvalue weighted by atomic mass is 16.6. The van der Waals surface area contributed by atoms with Crippen molar-refractivity contribution in [1.82, 2.24) is 5.32 Å². The lowest BCUT2D eigenvalue weighted by molar-refractivity contribution is 0.0859. The fraction of sp³-hybridized carbons (Fsp3) is 0.357. The van der Waals surface area contributed by atoms with Gasteiger partial charge in [0.1, 0.15) is 6.10 Å². The molecule has 0 fully saturated rings. The predicted octanol–water partition coefficient (Wildman–Crippen LogP) is 2.26. The van der Waals surface area contributed by atoms with Gasteiger partial charge in [0.05, 0.1) is 5.71 Å². The Morgan fingerprint density at radius 1 is 1.47 bits per heavy atom. The molecule has 2 rings (SSSR count). The summed E-state index contributed by atoms with van der Waals surface area (Å²) in [6.45, 7) is 7.36. The van der Waals surface area contributed by atoms with Gasteiger partial charge in [0.15, 0.2) is 0 Å². The molecule has 0 saturated carbocycles. The zero-order valence-electron chi connectivity index (χ0n) is 10.1. The van der Waals surface area contributed by atoms with E-state index >= 15 is 0 Å². The lowest BCUT2D eigenvalue weighted by atomic mass is 10.0. The van der Waals surface area contributed by atoms with Crippen molar-refractivity contribution >= 4 is 5.71 Å². The van der Waals surface area contributed by atoms with Gasteiger partial charge < -0.3 is 10.2 Å². The van der Waals surface area contributed by atoms with E-state index in [0.717, 1.165) is 30.8 Å². The molecule has 3 nitrogen and oxygen atoms in total. The second-order valence-corrected chi connectivity index (χ2v) is 4.28. The molecule has 1 heterocycles. The Bertz CT molecular complexity index is 409. The maximum absolute atomic E-state index is 5.39. The summed E-state index contributed by atoms with van der Waals surface area (Å²) in [5.74, 6) is 0. The molecule has 0 unspecified atom stereocenters. The Hall–Kier alpha value is -1.61. The minimum Gasteiger partial charge on any atom is -0.390 e. The maximum atomic E-state index is 5.39. The van der Waals surface area contributed by atoms with Gasteiger partial charge in [-0.1, -0.05) is 41.1 Å². The zero-order valence-corrected chi connectivity index (χ0v) is 10.1. The lowest BCUT2D eigenvalue weighted by Gasteiger charge is -2.07. The Morgan fingerprint density at radius 2 is 2.24 bits per heavy atom. The van der Waals surface area contributed by atoms with Crippen LogP contribution in [0.2, 0.25) is 0 Å². The standard InChI is InChI=1S/C14H18N2O/c1-3-8-15-10-13-9-14(16-17-13)12-6-4-11(2)5-7-12/h3-7,13,15H,1,8-10H2,2H3/t13-/m0/s1. The molecule has 0 spiro atoms. The highest BCUT2D eigenvalue weighted by Crippen LogP contribution is 2.16. The number of hydrogen-bond acceptors (Lipinski definition) is 3. The normalized spacial score (nSPS) is 18.6. The molecule has 1 aromatic rings. The van der Waals surface area contributed by atoms with Crippen LogP contribution in [0.15, 0.2) is 42.1 Å². The third-order valence-electron chi connectivity index (χ3n) is 2.78. The van der Waals surface area contributed by atoms with Gasteiger partial charge >= 0.3 is 0 Å². The second-order valence-electron chi connectivity index (χ2n) is 4.28. The zero-order chi connectivity index (χ0) is 12.1. The largest absolute Gasteiger partial charge is 0.390 e. The first-order chi connectivity index (χ1) is 8.29. The van der Waals surface area contributed by atoms with Crippen molar-refractivity contribution in [2.45, 2.75) is 19.4 Å². The third kappa shape index (κ3) is 3.17. The van der Waals surface area contributed by atoms with E-state index < -0.39 is 0 Å². The van der Waals surface area contributed by atoms with Crippen LogP contribution in [0, 0.1) is 6.92 Å². The first-order valence-corrected chi connectivity index (χ1v) is 5.91. The van der Waals surface area contributed by atoms with Crippen LogP contribution in [0.25, 0.3) is 0 Å². The minimum absolute atomic E-state index is 0.145. The topological polar surface area (TPSA) is 33.6 Å². The molecule has 0 radical (unpaired) electrons. The Labute approximate surface area is 102 Å². The van der Waals surface area contributed by atoms with Crippen LogP contribution in [0.1, 0.15) is 17.5 Å². The molecule has 0 aliphatic carbocycles. The van der Waals surface area contributed by atoms with Crippen molar-refractivity contribution in [3.05, 3.63) is 48.0 Å². The van der Waals surface area contributed by atoms with Gasteiger partial charge in [-0.05, 0) is 12.5 Å². The van der Waals surface area contributed by atoms with E-state index in [0.29, 0.717) is 0 Å². The molecule has 0 aromatic heterocycles. The average Bonchev–Trinajstić information content (AvgIpc) is 2.79. The van der Waals surface area contributed by atoms with E-state index in [1.54, 1.807) is 0 Å². The van der Waals surface area contributed by atoms with Crippen molar-refractivity contribution in [3.63, 3.8) is 0 Å². The molecule has 90 valence electrons. The summed E-state index contributed by atoms with van der Waals surface area (Å²) in [4.78, 5) is 5.39. The van der Waals surface area contributed by atoms with Gasteiger partial charge in [0.25, 0.3) is 0 Å². The number of benzene rings is 1. The van der Waals surface area contributed by atoms with Gasteiger partial charge in [-0.3, -0.25) is 0 Å². The summed E-state index contributed by atoms with van der Waals surface area (Å²) in [5.41, 5.74) is 3.45. The highest BCUT2D eigenvalue weighted by molar-refractivity contribution is 6.01. The smallest absolute Gasteiger partial charge is 0.145 e. The van der Waals surface area contributed by atoms with Gasteiger partial charge in [0.2, 0.25) is 0 Å². The van der Waals surface area contributed by atoms with Crippen LogP contribution in [0.5, 0.6) is 0 Å². The van der Waals surface area contributed by atoms with Crippen molar-refractivity contribution in [2.75, 3.05) is 13.1 Å². The number of hydrogen-bond donors (Lipinski definition) is 1. The van der Waals surface area contributed by atoms with Crippen LogP contribution in [-0.2, 0) is 4.84 Å². The molecule has 1 atom stereocenters. The van der Waals surface area contributed by atoms with Gasteiger partial charge in [-0.25, -0.2) is 0 Å². The lowest BCUT2D eigenvalue weighted by Crippen LogP contribution is -2.27. The fourth-order valence-electron chi connectivity index (χ4n) is 1.80. The maximum Gasteiger partial charge on any atom is 0.145 e. The number of aryl methyl sites for hydroxylation is 1. The van der Waals surface area contributed by atoms with Crippen molar-refractivity contribution in [2.24, 2.45) is 5.16 Å². The van der Waals surface area contributed by atoms with Crippen molar-refractivity contribution in [3.8, 4) is 0 Å². The number of nitrogens with one attached hydrogen (secondary N) is 1. The fourth-order valence-corrected chi connectivity index (χ4v) is 1.80. The van der Waals surface area contributed by atoms with Gasteiger partial charge in [-0.15, -0.1) is 6.58 Å². The van der Waals surface area contributed by atoms with Gasteiger partial charge in [0, 0.05) is 19.5 Å². The summed E-state index contributed by atoms with van der Waals surface area (Å²) in [5, 5.41) is 7.39. The van der Waals surface area contributed by atoms with E-state index in [-0.39, 0.29) is 6.10 Å². The Balaban J connectivity index is 1.88. The molecule has 0 saturated heterocycles. The molecule has 0 bridgehead atoms. The minimum atomic E-state index is 0.145. The Kier molecular flexibility index (Phi) is 3.94. The van der Waals surface area contributed by atoms with E-state index in [4.69, 9.17) is 4.84 Å². The molecule has 1 aliphatic heterocycles. The van der Waals surface area contributed by atoms with Crippen molar-refractivity contribution in [1.29, 1.82) is 0 Å². The monoisotopic (exact) mass is 230 g/mol. The SMILES string of the molecule is C=CCNC[C@@H]1CC(c2ccc(C)cc2)=NO1. The van der Waals surface area contributed by atoms with Crippen LogP contribution in [-0.4, -0.2) is 24.9 Å². The average molecular weight is 230 g/mol. The summed E-state index contributed by atoms with van der Waals surface area (Å²) in [6, 6.07) is 8.39. The van der Waals surface area contributed by atoms with Crippen LogP contribution in [0.3, 0.4) is 0 Å². The van der Waals surface area contributed by atoms with Crippen LogP contribution in [0.4, 0.5) is 0 Å². The molecule has 17 heavy (non-hydrogen) atoms. The van der Waals surface area contributed by atoms with Crippen molar-refractivity contribution < 1.29 is 4.84 Å².